The topological polar surface area (TPSA) is 58.6 Å². The van der Waals surface area contributed by atoms with Crippen LogP contribution < -0.4 is 10.1 Å². The van der Waals surface area contributed by atoms with Gasteiger partial charge < -0.3 is 15.0 Å². The lowest BCUT2D eigenvalue weighted by Gasteiger charge is -2.39. The van der Waals surface area contributed by atoms with Gasteiger partial charge in [-0.25, -0.2) is 4.39 Å². The number of nitrogens with zero attached hydrogens (tertiary/aromatic N) is 1. The summed E-state index contributed by atoms with van der Waals surface area (Å²) in [6, 6.07) is 15.3. The maximum absolute atomic E-state index is 13.3. The van der Waals surface area contributed by atoms with E-state index in [1.165, 1.54) is 12.1 Å². The zero-order valence-corrected chi connectivity index (χ0v) is 16.0. The van der Waals surface area contributed by atoms with Crippen molar-refractivity contribution in [1.29, 1.82) is 0 Å². The predicted molar refractivity (Wildman–Crippen MR) is 104 cm³/mol. The molecule has 3 rings (SSSR count). The number of para-hydroxylation sites is 1. The maximum atomic E-state index is 13.3. The van der Waals surface area contributed by atoms with Crippen LogP contribution in [0.25, 0.3) is 0 Å². The molecule has 0 bridgehead atoms. The fourth-order valence-corrected chi connectivity index (χ4v) is 3.43. The SMILES string of the molecule is C[C@@]1(C(=O)NCc2cccc(F)c2)CCCN(C(=O)COc2ccccc2)C1. The molecular weight excluding hydrogens is 359 g/mol. The van der Waals surface area contributed by atoms with Crippen molar-refractivity contribution >= 4 is 11.8 Å². The lowest BCUT2D eigenvalue weighted by molar-refractivity contribution is -0.142. The number of likely N-dealkylation sites (tertiary alicyclic amines) is 1. The highest BCUT2D eigenvalue weighted by molar-refractivity contribution is 5.84. The van der Waals surface area contributed by atoms with E-state index in [0.717, 1.165) is 6.42 Å². The molecule has 0 saturated carbocycles. The number of hydrogen-bond acceptors (Lipinski definition) is 3. The molecule has 1 N–H and O–H groups in total. The largest absolute Gasteiger partial charge is 0.484 e. The molecular formula is C22H25FN2O3. The summed E-state index contributed by atoms with van der Waals surface area (Å²) < 4.78 is 18.8. The number of nitrogens with one attached hydrogen (secondary N) is 1. The Morgan fingerprint density at radius 3 is 2.71 bits per heavy atom. The molecule has 1 heterocycles. The van der Waals surface area contributed by atoms with Crippen LogP contribution in [0, 0.1) is 11.2 Å². The average Bonchev–Trinajstić information content (AvgIpc) is 2.71. The lowest BCUT2D eigenvalue weighted by Crippen LogP contribution is -2.52. The van der Waals surface area contributed by atoms with Gasteiger partial charge in [0.25, 0.3) is 5.91 Å². The van der Waals surface area contributed by atoms with Gasteiger partial charge in [-0.15, -0.1) is 0 Å². The van der Waals surface area contributed by atoms with Gasteiger partial charge in [-0.3, -0.25) is 9.59 Å². The van der Waals surface area contributed by atoms with E-state index in [9.17, 15) is 14.0 Å². The highest BCUT2D eigenvalue weighted by Gasteiger charge is 2.39. The Bertz CT molecular complexity index is 828. The third kappa shape index (κ3) is 5.09. The molecule has 0 aliphatic carbocycles. The monoisotopic (exact) mass is 384 g/mol. The fourth-order valence-electron chi connectivity index (χ4n) is 3.43. The molecule has 1 fully saturated rings. The first-order valence-corrected chi connectivity index (χ1v) is 9.45. The molecule has 5 nitrogen and oxygen atoms in total. The number of amides is 2. The minimum Gasteiger partial charge on any atom is -0.484 e. The van der Waals surface area contributed by atoms with Crippen LogP contribution in [0.2, 0.25) is 0 Å². The van der Waals surface area contributed by atoms with Crippen LogP contribution in [0.15, 0.2) is 54.6 Å². The van der Waals surface area contributed by atoms with Crippen molar-refractivity contribution in [1.82, 2.24) is 10.2 Å². The Morgan fingerprint density at radius 1 is 1.18 bits per heavy atom. The summed E-state index contributed by atoms with van der Waals surface area (Å²) in [6.45, 7) is 3.04. The van der Waals surface area contributed by atoms with Crippen molar-refractivity contribution in [3.8, 4) is 5.75 Å². The van der Waals surface area contributed by atoms with E-state index in [1.54, 1.807) is 29.2 Å². The van der Waals surface area contributed by atoms with Crippen molar-refractivity contribution in [2.24, 2.45) is 5.41 Å². The van der Waals surface area contributed by atoms with Crippen LogP contribution in [0.3, 0.4) is 0 Å². The number of carbonyl (C=O) groups is 2. The molecule has 2 amide bonds. The molecule has 28 heavy (non-hydrogen) atoms. The summed E-state index contributed by atoms with van der Waals surface area (Å²) in [4.78, 5) is 27.0. The Kier molecular flexibility index (Phi) is 6.29. The predicted octanol–water partition coefficient (Wildman–Crippen LogP) is 3.15. The summed E-state index contributed by atoms with van der Waals surface area (Å²) in [7, 11) is 0. The second-order valence-corrected chi connectivity index (χ2v) is 7.39. The summed E-state index contributed by atoms with van der Waals surface area (Å²) >= 11 is 0. The quantitative estimate of drug-likeness (QED) is 0.832. The molecule has 0 radical (unpaired) electrons. The molecule has 148 valence electrons. The standard InChI is InChI=1S/C22H25FN2O3/c1-22(21(27)24-14-17-7-5-8-18(23)13-17)11-6-12-25(16-22)20(26)15-28-19-9-3-2-4-10-19/h2-5,7-10,13H,6,11-12,14-16H2,1H3,(H,24,27)/t22-/m1/s1. The van der Waals surface area contributed by atoms with Crippen molar-refractivity contribution in [2.75, 3.05) is 19.7 Å². The maximum Gasteiger partial charge on any atom is 0.260 e. The Labute approximate surface area is 164 Å². The number of halogens is 1. The van der Waals surface area contributed by atoms with Gasteiger partial charge >= 0.3 is 0 Å². The normalized spacial score (nSPS) is 19.1. The number of carbonyl (C=O) groups excluding carboxylic acids is 2. The second-order valence-electron chi connectivity index (χ2n) is 7.39. The van der Waals surface area contributed by atoms with Crippen LogP contribution in [0.5, 0.6) is 5.75 Å². The fraction of sp³-hybridized carbons (Fsp3) is 0.364. The van der Waals surface area contributed by atoms with Crippen LogP contribution >= 0.6 is 0 Å². The van der Waals surface area contributed by atoms with E-state index >= 15 is 0 Å². The van der Waals surface area contributed by atoms with Crippen LogP contribution in [-0.2, 0) is 16.1 Å². The van der Waals surface area contributed by atoms with E-state index in [-0.39, 0.29) is 30.8 Å². The molecule has 2 aromatic rings. The number of benzene rings is 2. The first-order valence-electron chi connectivity index (χ1n) is 9.45. The minimum absolute atomic E-state index is 0.0506. The van der Waals surface area contributed by atoms with Gasteiger partial charge in [0, 0.05) is 19.6 Å². The molecule has 1 aliphatic heterocycles. The van der Waals surface area contributed by atoms with E-state index in [2.05, 4.69) is 5.32 Å². The van der Waals surface area contributed by atoms with Crippen LogP contribution in [0.4, 0.5) is 4.39 Å². The first kappa shape index (κ1) is 19.9. The summed E-state index contributed by atoms with van der Waals surface area (Å²) in [5.41, 5.74) is 0.0329. The third-order valence-electron chi connectivity index (χ3n) is 5.04. The smallest absolute Gasteiger partial charge is 0.260 e. The zero-order valence-electron chi connectivity index (χ0n) is 16.0. The number of hydrogen-bond donors (Lipinski definition) is 1. The first-order chi connectivity index (χ1) is 13.5. The summed E-state index contributed by atoms with van der Waals surface area (Å²) in [6.07, 6.45) is 1.45. The molecule has 0 aromatic heterocycles. The Balaban J connectivity index is 1.54. The zero-order chi connectivity index (χ0) is 20.0. The van der Waals surface area contributed by atoms with E-state index in [0.29, 0.717) is 30.8 Å². The van der Waals surface area contributed by atoms with Crippen molar-refractivity contribution in [2.45, 2.75) is 26.3 Å². The van der Waals surface area contributed by atoms with Gasteiger partial charge in [0.2, 0.25) is 5.91 Å². The molecule has 2 aromatic carbocycles. The second kappa shape index (κ2) is 8.87. The molecule has 1 atom stereocenters. The van der Waals surface area contributed by atoms with Gasteiger partial charge in [-0.2, -0.15) is 0 Å². The van der Waals surface area contributed by atoms with Gasteiger partial charge in [0.15, 0.2) is 6.61 Å². The lowest BCUT2D eigenvalue weighted by atomic mass is 9.81. The van der Waals surface area contributed by atoms with Crippen LogP contribution in [-0.4, -0.2) is 36.4 Å². The number of ether oxygens (including phenoxy) is 1. The highest BCUT2D eigenvalue weighted by atomic mass is 19.1. The average molecular weight is 384 g/mol. The van der Waals surface area contributed by atoms with E-state index in [4.69, 9.17) is 4.74 Å². The Hall–Kier alpha value is -2.89. The number of rotatable bonds is 6. The van der Waals surface area contributed by atoms with E-state index in [1.807, 2.05) is 25.1 Å². The third-order valence-corrected chi connectivity index (χ3v) is 5.04. The Morgan fingerprint density at radius 2 is 1.96 bits per heavy atom. The van der Waals surface area contributed by atoms with Crippen molar-refractivity contribution in [3.63, 3.8) is 0 Å². The van der Waals surface area contributed by atoms with Crippen molar-refractivity contribution in [3.05, 3.63) is 66.0 Å². The highest BCUT2D eigenvalue weighted by Crippen LogP contribution is 2.30. The van der Waals surface area contributed by atoms with E-state index < -0.39 is 5.41 Å². The molecule has 0 spiro atoms. The molecule has 1 saturated heterocycles. The molecule has 0 unspecified atom stereocenters. The van der Waals surface area contributed by atoms with Crippen molar-refractivity contribution < 1.29 is 18.7 Å². The van der Waals surface area contributed by atoms with Gasteiger partial charge in [0.05, 0.1) is 5.41 Å². The summed E-state index contributed by atoms with van der Waals surface area (Å²) in [5, 5.41) is 2.88. The minimum atomic E-state index is -0.673. The van der Waals surface area contributed by atoms with Gasteiger partial charge in [-0.05, 0) is 49.6 Å². The number of piperidine rings is 1. The molecule has 1 aliphatic rings. The van der Waals surface area contributed by atoms with Gasteiger partial charge in [0.1, 0.15) is 11.6 Å². The molecule has 6 heteroatoms. The van der Waals surface area contributed by atoms with Crippen LogP contribution in [0.1, 0.15) is 25.3 Å². The summed E-state index contributed by atoms with van der Waals surface area (Å²) in [5.74, 6) is 0.0558. The van der Waals surface area contributed by atoms with Gasteiger partial charge in [-0.1, -0.05) is 30.3 Å².